The molecule has 0 amide bonds. The van der Waals surface area contributed by atoms with Gasteiger partial charge in [-0.1, -0.05) is 30.3 Å². The van der Waals surface area contributed by atoms with Crippen molar-refractivity contribution in [3.05, 3.63) is 94.4 Å². The first-order valence-electron chi connectivity index (χ1n) is 8.34. The zero-order valence-electron chi connectivity index (χ0n) is 14.5. The molecule has 4 aromatic rings. The van der Waals surface area contributed by atoms with Crippen molar-refractivity contribution < 1.29 is 14.3 Å². The quantitative estimate of drug-likeness (QED) is 0.414. The van der Waals surface area contributed by atoms with Crippen LogP contribution in [0.1, 0.15) is 0 Å². The van der Waals surface area contributed by atoms with Crippen molar-refractivity contribution in [1.29, 1.82) is 0 Å². The smallest absolute Gasteiger partial charge is 0.357 e. The van der Waals surface area contributed by atoms with Gasteiger partial charge in [0.25, 0.3) is 5.69 Å². The van der Waals surface area contributed by atoms with Gasteiger partial charge in [-0.05, 0) is 42.5 Å². The van der Waals surface area contributed by atoms with Crippen LogP contribution in [0.25, 0.3) is 22.3 Å². The lowest BCUT2D eigenvalue weighted by Crippen LogP contribution is -2.42. The van der Waals surface area contributed by atoms with E-state index in [1.54, 1.807) is 48.5 Å². The number of rotatable bonds is 4. The average Bonchev–Trinajstić information content (AvgIpc) is 2.71. The lowest BCUT2D eigenvalue weighted by molar-refractivity contribution is -0.566. The molecule has 0 unspecified atom stereocenters. The molecule has 0 aliphatic heterocycles. The second-order valence-electron chi connectivity index (χ2n) is 5.85. The van der Waals surface area contributed by atoms with Crippen LogP contribution in [-0.2, 0) is 0 Å². The molecule has 0 fully saturated rings. The number of ether oxygens (including phenoxy) is 1. The van der Waals surface area contributed by atoms with Crippen LogP contribution in [0.15, 0.2) is 83.7 Å². The van der Waals surface area contributed by atoms with Gasteiger partial charge in [0.2, 0.25) is 5.52 Å². The minimum Gasteiger partial charge on any atom is -0.618 e. The van der Waals surface area contributed by atoms with Crippen molar-refractivity contribution in [2.75, 3.05) is 7.11 Å². The Morgan fingerprint density at radius 1 is 0.852 bits per heavy atom. The Hall–Kier alpha value is -3.80. The van der Waals surface area contributed by atoms with Crippen LogP contribution in [0.3, 0.4) is 0 Å². The summed E-state index contributed by atoms with van der Waals surface area (Å²) >= 11 is 0. The fourth-order valence-corrected chi connectivity index (χ4v) is 2.95. The highest BCUT2D eigenvalue weighted by Crippen LogP contribution is 2.24. The molecule has 0 radical (unpaired) electrons. The zero-order chi connectivity index (χ0) is 18.8. The monoisotopic (exact) mass is 360 g/mol. The first-order chi connectivity index (χ1) is 13.2. The molecule has 0 saturated carbocycles. The molecular weight excluding hydrogens is 344 g/mol. The van der Waals surface area contributed by atoms with Gasteiger partial charge in [0.15, 0.2) is 5.52 Å². The first kappa shape index (κ1) is 16.7. The third kappa shape index (κ3) is 2.97. The Labute approximate surface area is 155 Å². The van der Waals surface area contributed by atoms with E-state index in [2.05, 4.69) is 0 Å². The van der Waals surface area contributed by atoms with E-state index in [1.807, 2.05) is 30.3 Å². The third-order valence-corrected chi connectivity index (χ3v) is 4.20. The van der Waals surface area contributed by atoms with E-state index >= 15 is 0 Å². The highest BCUT2D eigenvalue weighted by Gasteiger charge is 2.22. The molecule has 0 bridgehead atoms. The van der Waals surface area contributed by atoms with Gasteiger partial charge in [-0.25, -0.2) is 0 Å². The van der Waals surface area contributed by atoms with Crippen molar-refractivity contribution >= 4 is 11.0 Å². The summed E-state index contributed by atoms with van der Waals surface area (Å²) in [6.45, 7) is 0. The van der Waals surface area contributed by atoms with Crippen LogP contribution in [0.2, 0.25) is 0 Å². The van der Waals surface area contributed by atoms with Crippen LogP contribution in [0.4, 0.5) is 0 Å². The molecule has 0 aliphatic rings. The topological polar surface area (TPSA) is 67.4 Å². The molecule has 6 nitrogen and oxygen atoms in total. The van der Waals surface area contributed by atoms with Crippen molar-refractivity contribution in [1.82, 2.24) is 4.73 Å². The molecule has 134 valence electrons. The molecule has 4 rings (SSSR count). The predicted molar refractivity (Wildman–Crippen MR) is 102 cm³/mol. The summed E-state index contributed by atoms with van der Waals surface area (Å²) in [5.74, 6) is 1.31. The van der Waals surface area contributed by atoms with Gasteiger partial charge in [0, 0.05) is 6.07 Å². The van der Waals surface area contributed by atoms with Crippen LogP contribution < -0.4 is 19.9 Å². The van der Waals surface area contributed by atoms with Gasteiger partial charge in [0.1, 0.15) is 18.6 Å². The van der Waals surface area contributed by atoms with Crippen molar-refractivity contribution in [3.8, 4) is 22.8 Å². The molecule has 1 heterocycles. The van der Waals surface area contributed by atoms with Gasteiger partial charge in [-0.3, -0.25) is 4.79 Å². The van der Waals surface area contributed by atoms with E-state index < -0.39 is 5.56 Å². The standard InChI is InChI=1S/C21H16N2O4/c1-26-23-19-10-6-5-9-18(19)22(25)20(21(23)24)15-11-13-17(14-12-15)27-16-7-3-2-4-8-16/h2-14H,1H3. The third-order valence-electron chi connectivity index (χ3n) is 4.20. The lowest BCUT2D eigenvalue weighted by Gasteiger charge is -2.12. The predicted octanol–water partition coefficient (Wildman–Crippen LogP) is 3.15. The van der Waals surface area contributed by atoms with E-state index in [9.17, 15) is 10.0 Å². The summed E-state index contributed by atoms with van der Waals surface area (Å²) in [7, 11) is 1.39. The van der Waals surface area contributed by atoms with E-state index in [-0.39, 0.29) is 5.69 Å². The molecule has 0 N–H and O–H groups in total. The van der Waals surface area contributed by atoms with E-state index in [4.69, 9.17) is 9.57 Å². The average molecular weight is 360 g/mol. The van der Waals surface area contributed by atoms with Gasteiger partial charge in [0.05, 0.1) is 5.56 Å². The second kappa shape index (κ2) is 6.84. The van der Waals surface area contributed by atoms with Crippen LogP contribution in [0, 0.1) is 5.21 Å². The van der Waals surface area contributed by atoms with E-state index in [0.29, 0.717) is 32.8 Å². The Morgan fingerprint density at radius 2 is 1.48 bits per heavy atom. The fourth-order valence-electron chi connectivity index (χ4n) is 2.95. The number of fused-ring (bicyclic) bond motifs is 1. The minimum atomic E-state index is -0.525. The molecular formula is C21H16N2O4. The summed E-state index contributed by atoms with van der Waals surface area (Å²) < 4.78 is 7.51. The number of benzene rings is 3. The summed E-state index contributed by atoms with van der Waals surface area (Å²) in [4.78, 5) is 18.0. The molecule has 0 aliphatic carbocycles. The Bertz CT molecular complexity index is 1150. The largest absolute Gasteiger partial charge is 0.618 e. The van der Waals surface area contributed by atoms with Crippen molar-refractivity contribution in [2.45, 2.75) is 0 Å². The molecule has 0 saturated heterocycles. The Kier molecular flexibility index (Phi) is 4.22. The van der Waals surface area contributed by atoms with Crippen molar-refractivity contribution in [3.63, 3.8) is 0 Å². The lowest BCUT2D eigenvalue weighted by atomic mass is 10.1. The first-order valence-corrected chi connectivity index (χ1v) is 8.34. The molecule has 1 aromatic heterocycles. The minimum absolute atomic E-state index is 0.0122. The van der Waals surface area contributed by atoms with E-state index in [0.717, 1.165) is 4.73 Å². The normalized spacial score (nSPS) is 10.7. The SMILES string of the molecule is COn1c(=O)c(-c2ccc(Oc3ccccc3)cc2)[n+]([O-])c2ccccc21. The Balaban J connectivity index is 1.79. The van der Waals surface area contributed by atoms with E-state index in [1.165, 1.54) is 7.11 Å². The van der Waals surface area contributed by atoms with Crippen LogP contribution in [0.5, 0.6) is 11.5 Å². The van der Waals surface area contributed by atoms with Gasteiger partial charge in [-0.2, -0.15) is 4.73 Å². The summed E-state index contributed by atoms with van der Waals surface area (Å²) in [5.41, 5.74) is 0.697. The Morgan fingerprint density at radius 3 is 2.19 bits per heavy atom. The summed E-state index contributed by atoms with van der Waals surface area (Å²) in [6, 6.07) is 22.9. The highest BCUT2D eigenvalue weighted by atomic mass is 16.7. The zero-order valence-corrected chi connectivity index (χ0v) is 14.5. The molecule has 0 spiro atoms. The van der Waals surface area contributed by atoms with Crippen LogP contribution in [-0.4, -0.2) is 11.8 Å². The number of para-hydroxylation sites is 3. The summed E-state index contributed by atoms with van der Waals surface area (Å²) in [6.07, 6.45) is 0. The maximum Gasteiger partial charge on any atom is 0.357 e. The van der Waals surface area contributed by atoms with Gasteiger partial charge >= 0.3 is 5.56 Å². The maximum atomic E-state index is 12.8. The van der Waals surface area contributed by atoms with Crippen molar-refractivity contribution in [2.24, 2.45) is 0 Å². The fraction of sp³-hybridized carbons (Fsp3) is 0.0476. The molecule has 0 atom stereocenters. The number of aromatic nitrogens is 2. The van der Waals surface area contributed by atoms with Gasteiger partial charge in [-0.15, -0.1) is 4.73 Å². The number of hydrogen-bond donors (Lipinski definition) is 0. The molecule has 27 heavy (non-hydrogen) atoms. The molecule has 6 heteroatoms. The number of hydrogen-bond acceptors (Lipinski definition) is 4. The number of nitrogens with zero attached hydrogens (tertiary/aromatic N) is 2. The van der Waals surface area contributed by atoms with Gasteiger partial charge < -0.3 is 14.8 Å². The maximum absolute atomic E-state index is 12.8. The highest BCUT2D eigenvalue weighted by molar-refractivity contribution is 5.73. The summed E-state index contributed by atoms with van der Waals surface area (Å²) in [5, 5.41) is 12.8. The van der Waals surface area contributed by atoms with Crippen LogP contribution >= 0.6 is 0 Å². The second-order valence-corrected chi connectivity index (χ2v) is 5.85. The molecule has 3 aromatic carbocycles.